The van der Waals surface area contributed by atoms with E-state index in [9.17, 15) is 4.79 Å². The van der Waals surface area contributed by atoms with Gasteiger partial charge in [-0.2, -0.15) is 0 Å². The summed E-state index contributed by atoms with van der Waals surface area (Å²) in [6, 6.07) is 9.90. The molecular formula is C13H15N3O. The van der Waals surface area contributed by atoms with Crippen LogP contribution in [0.4, 0.5) is 0 Å². The zero-order valence-electron chi connectivity index (χ0n) is 9.97. The number of imidazole rings is 1. The summed E-state index contributed by atoms with van der Waals surface area (Å²) in [6.07, 6.45) is 1.57. The molecule has 0 fully saturated rings. The van der Waals surface area contributed by atoms with Crippen LogP contribution in [0, 0.1) is 6.92 Å². The van der Waals surface area contributed by atoms with E-state index in [0.29, 0.717) is 12.2 Å². The molecular weight excluding hydrogens is 214 g/mol. The predicted molar refractivity (Wildman–Crippen MR) is 65.6 cm³/mol. The van der Waals surface area contributed by atoms with Gasteiger partial charge in [-0.15, -0.1) is 0 Å². The van der Waals surface area contributed by atoms with Gasteiger partial charge in [-0.25, -0.2) is 4.98 Å². The van der Waals surface area contributed by atoms with Crippen LogP contribution in [0.3, 0.4) is 0 Å². The molecule has 4 nitrogen and oxygen atoms in total. The first-order valence-electron chi connectivity index (χ1n) is 5.48. The summed E-state index contributed by atoms with van der Waals surface area (Å²) in [5.74, 6) is 0.705. The SMILES string of the molecule is Cc1ncc(C(=O)N(C)Cc2ccccc2)[nH]1. The van der Waals surface area contributed by atoms with Gasteiger partial charge in [0.2, 0.25) is 0 Å². The van der Waals surface area contributed by atoms with Crippen molar-refractivity contribution in [2.75, 3.05) is 7.05 Å². The van der Waals surface area contributed by atoms with Crippen molar-refractivity contribution in [3.8, 4) is 0 Å². The first-order valence-corrected chi connectivity index (χ1v) is 5.48. The van der Waals surface area contributed by atoms with Crippen LogP contribution in [0.1, 0.15) is 21.9 Å². The summed E-state index contributed by atoms with van der Waals surface area (Å²) in [5.41, 5.74) is 1.64. The van der Waals surface area contributed by atoms with E-state index in [1.54, 1.807) is 18.1 Å². The molecule has 1 amide bonds. The highest BCUT2D eigenvalue weighted by molar-refractivity contribution is 5.91. The van der Waals surface area contributed by atoms with Crippen LogP contribution in [0.15, 0.2) is 36.5 Å². The van der Waals surface area contributed by atoms with Crippen molar-refractivity contribution in [1.82, 2.24) is 14.9 Å². The zero-order valence-corrected chi connectivity index (χ0v) is 9.97. The molecule has 0 saturated heterocycles. The molecule has 0 aliphatic heterocycles. The summed E-state index contributed by atoms with van der Waals surface area (Å²) in [7, 11) is 1.78. The first-order chi connectivity index (χ1) is 8.16. The minimum Gasteiger partial charge on any atom is -0.338 e. The maximum atomic E-state index is 12.0. The highest BCUT2D eigenvalue weighted by Gasteiger charge is 2.13. The standard InChI is InChI=1S/C13H15N3O/c1-10-14-8-12(15-10)13(17)16(2)9-11-6-4-3-5-7-11/h3-8H,9H2,1-2H3,(H,14,15). The Kier molecular flexibility index (Phi) is 3.23. The van der Waals surface area contributed by atoms with E-state index in [2.05, 4.69) is 9.97 Å². The topological polar surface area (TPSA) is 49.0 Å². The molecule has 1 aromatic carbocycles. The molecule has 1 aromatic heterocycles. The number of carbonyl (C=O) groups is 1. The average molecular weight is 229 g/mol. The van der Waals surface area contributed by atoms with Crippen LogP contribution in [0.2, 0.25) is 0 Å². The van der Waals surface area contributed by atoms with E-state index in [0.717, 1.165) is 11.4 Å². The molecule has 2 aromatic rings. The molecule has 0 saturated carbocycles. The normalized spacial score (nSPS) is 10.2. The molecule has 0 spiro atoms. The molecule has 2 rings (SSSR count). The summed E-state index contributed by atoms with van der Waals surface area (Å²) in [4.78, 5) is 20.7. The van der Waals surface area contributed by atoms with Gasteiger partial charge in [0, 0.05) is 13.6 Å². The van der Waals surface area contributed by atoms with Gasteiger partial charge < -0.3 is 9.88 Å². The minimum atomic E-state index is -0.0468. The molecule has 0 aliphatic carbocycles. The smallest absolute Gasteiger partial charge is 0.271 e. The lowest BCUT2D eigenvalue weighted by Crippen LogP contribution is -2.26. The Balaban J connectivity index is 2.06. The zero-order chi connectivity index (χ0) is 12.3. The fourth-order valence-corrected chi connectivity index (χ4v) is 1.66. The van der Waals surface area contributed by atoms with E-state index in [4.69, 9.17) is 0 Å². The summed E-state index contributed by atoms with van der Waals surface area (Å²) in [5, 5.41) is 0. The lowest BCUT2D eigenvalue weighted by Gasteiger charge is -2.16. The predicted octanol–water partition coefficient (Wildman–Crippen LogP) is 1.99. The van der Waals surface area contributed by atoms with E-state index in [1.807, 2.05) is 37.3 Å². The molecule has 1 N–H and O–H groups in total. The molecule has 4 heteroatoms. The fourth-order valence-electron chi connectivity index (χ4n) is 1.66. The third-order valence-electron chi connectivity index (χ3n) is 2.54. The number of aryl methyl sites for hydroxylation is 1. The number of hydrogen-bond donors (Lipinski definition) is 1. The van der Waals surface area contributed by atoms with Gasteiger partial charge in [0.15, 0.2) is 0 Å². The summed E-state index contributed by atoms with van der Waals surface area (Å²) >= 11 is 0. The maximum absolute atomic E-state index is 12.0. The number of H-pyrrole nitrogens is 1. The molecule has 0 radical (unpaired) electrons. The lowest BCUT2D eigenvalue weighted by atomic mass is 10.2. The Hall–Kier alpha value is -2.10. The van der Waals surface area contributed by atoms with Crippen molar-refractivity contribution >= 4 is 5.91 Å². The number of nitrogens with zero attached hydrogens (tertiary/aromatic N) is 2. The molecule has 0 aliphatic rings. The van der Waals surface area contributed by atoms with E-state index >= 15 is 0 Å². The second-order valence-corrected chi connectivity index (χ2v) is 4.03. The molecule has 1 heterocycles. The number of hydrogen-bond acceptors (Lipinski definition) is 2. The summed E-state index contributed by atoms with van der Waals surface area (Å²) < 4.78 is 0. The van der Waals surface area contributed by atoms with E-state index in [-0.39, 0.29) is 5.91 Å². The Morgan fingerprint density at radius 1 is 1.35 bits per heavy atom. The quantitative estimate of drug-likeness (QED) is 0.875. The molecule has 0 atom stereocenters. The van der Waals surface area contributed by atoms with Crippen LogP contribution >= 0.6 is 0 Å². The van der Waals surface area contributed by atoms with Gasteiger partial charge in [0.25, 0.3) is 5.91 Å². The van der Waals surface area contributed by atoms with Gasteiger partial charge in [-0.3, -0.25) is 4.79 Å². The van der Waals surface area contributed by atoms with Gasteiger partial charge >= 0.3 is 0 Å². The number of nitrogens with one attached hydrogen (secondary N) is 1. The van der Waals surface area contributed by atoms with Gasteiger partial charge in [-0.05, 0) is 12.5 Å². The first kappa shape index (κ1) is 11.4. The Bertz CT molecular complexity index is 504. The Morgan fingerprint density at radius 3 is 2.65 bits per heavy atom. The van der Waals surface area contributed by atoms with Crippen molar-refractivity contribution in [2.45, 2.75) is 13.5 Å². The van der Waals surface area contributed by atoms with Gasteiger partial charge in [0.1, 0.15) is 11.5 Å². The van der Waals surface area contributed by atoms with Crippen LogP contribution in [0.25, 0.3) is 0 Å². The number of aromatic nitrogens is 2. The minimum absolute atomic E-state index is 0.0468. The third-order valence-corrected chi connectivity index (χ3v) is 2.54. The Labute approximate surface area is 100 Å². The molecule has 0 unspecified atom stereocenters. The number of aromatic amines is 1. The third kappa shape index (κ3) is 2.72. The highest BCUT2D eigenvalue weighted by Crippen LogP contribution is 2.06. The van der Waals surface area contributed by atoms with Crippen LogP contribution < -0.4 is 0 Å². The maximum Gasteiger partial charge on any atom is 0.271 e. The lowest BCUT2D eigenvalue weighted by molar-refractivity contribution is 0.0780. The van der Waals surface area contributed by atoms with E-state index < -0.39 is 0 Å². The van der Waals surface area contributed by atoms with Gasteiger partial charge in [0.05, 0.1) is 6.20 Å². The summed E-state index contributed by atoms with van der Waals surface area (Å²) in [6.45, 7) is 2.42. The highest BCUT2D eigenvalue weighted by atomic mass is 16.2. The monoisotopic (exact) mass is 229 g/mol. The number of rotatable bonds is 3. The van der Waals surface area contributed by atoms with Crippen molar-refractivity contribution in [3.63, 3.8) is 0 Å². The second-order valence-electron chi connectivity index (χ2n) is 4.03. The van der Waals surface area contributed by atoms with Crippen molar-refractivity contribution in [3.05, 3.63) is 53.6 Å². The molecule has 17 heavy (non-hydrogen) atoms. The fraction of sp³-hybridized carbons (Fsp3) is 0.231. The molecule has 88 valence electrons. The average Bonchev–Trinajstić information content (AvgIpc) is 2.76. The van der Waals surface area contributed by atoms with Crippen LogP contribution in [-0.2, 0) is 6.54 Å². The van der Waals surface area contributed by atoms with Crippen LogP contribution in [0.5, 0.6) is 0 Å². The van der Waals surface area contributed by atoms with Crippen molar-refractivity contribution in [1.29, 1.82) is 0 Å². The second kappa shape index (κ2) is 4.82. The van der Waals surface area contributed by atoms with E-state index in [1.165, 1.54) is 0 Å². The largest absolute Gasteiger partial charge is 0.338 e. The van der Waals surface area contributed by atoms with Crippen molar-refractivity contribution in [2.24, 2.45) is 0 Å². The Morgan fingerprint density at radius 2 is 2.06 bits per heavy atom. The number of amides is 1. The van der Waals surface area contributed by atoms with Crippen molar-refractivity contribution < 1.29 is 4.79 Å². The van der Waals surface area contributed by atoms with Gasteiger partial charge in [-0.1, -0.05) is 30.3 Å². The number of benzene rings is 1. The number of carbonyl (C=O) groups excluding carboxylic acids is 1. The van der Waals surface area contributed by atoms with Crippen LogP contribution in [-0.4, -0.2) is 27.8 Å². The molecule has 0 bridgehead atoms.